The number of rotatable bonds is 3. The molecule has 1 atom stereocenters. The summed E-state index contributed by atoms with van der Waals surface area (Å²) < 4.78 is 6.44. The van der Waals surface area contributed by atoms with Gasteiger partial charge >= 0.3 is 5.69 Å². The van der Waals surface area contributed by atoms with Crippen molar-refractivity contribution < 1.29 is 4.74 Å². The molecule has 0 fully saturated rings. The van der Waals surface area contributed by atoms with Gasteiger partial charge in [-0.1, -0.05) is 18.8 Å². The average Bonchev–Trinajstić information content (AvgIpc) is 2.31. The van der Waals surface area contributed by atoms with E-state index in [1.165, 1.54) is 17.9 Å². The summed E-state index contributed by atoms with van der Waals surface area (Å²) >= 11 is 0. The first-order chi connectivity index (χ1) is 8.13. The third-order valence-electron chi connectivity index (χ3n) is 2.22. The second-order valence-electron chi connectivity index (χ2n) is 3.31. The van der Waals surface area contributed by atoms with E-state index in [-0.39, 0.29) is 12.1 Å². The van der Waals surface area contributed by atoms with Gasteiger partial charge in [-0.15, -0.1) is 0 Å². The maximum atomic E-state index is 11.6. The molecular formula is C11H15N3O3. The number of nitrogens with zero attached hydrogens (tertiary/aromatic N) is 1. The molecule has 0 unspecified atom stereocenters. The Labute approximate surface area is 98.4 Å². The van der Waals surface area contributed by atoms with Crippen LogP contribution in [0.3, 0.4) is 0 Å². The van der Waals surface area contributed by atoms with Crippen molar-refractivity contribution in [2.45, 2.75) is 19.6 Å². The predicted molar refractivity (Wildman–Crippen MR) is 63.6 cm³/mol. The van der Waals surface area contributed by atoms with Gasteiger partial charge in [-0.05, 0) is 6.42 Å². The SMILES string of the molecule is CC[C@@H](OC)n1cc(C#CCN)c(=O)[nH]c1=O. The van der Waals surface area contributed by atoms with Crippen LogP contribution < -0.4 is 17.0 Å². The lowest BCUT2D eigenvalue weighted by molar-refractivity contribution is 0.0369. The summed E-state index contributed by atoms with van der Waals surface area (Å²) in [4.78, 5) is 25.2. The van der Waals surface area contributed by atoms with E-state index in [4.69, 9.17) is 10.5 Å². The molecule has 0 aliphatic heterocycles. The Bertz CT molecular complexity index is 544. The molecule has 17 heavy (non-hydrogen) atoms. The Kier molecular flexibility index (Phi) is 4.69. The summed E-state index contributed by atoms with van der Waals surface area (Å²) in [6.07, 6.45) is 1.58. The van der Waals surface area contributed by atoms with Gasteiger partial charge in [0.25, 0.3) is 5.56 Å². The minimum absolute atomic E-state index is 0.153. The van der Waals surface area contributed by atoms with Crippen molar-refractivity contribution >= 4 is 0 Å². The summed E-state index contributed by atoms with van der Waals surface area (Å²) in [7, 11) is 1.50. The lowest BCUT2D eigenvalue weighted by Crippen LogP contribution is -2.34. The van der Waals surface area contributed by atoms with Crippen LogP contribution in [0.5, 0.6) is 0 Å². The number of hydrogen-bond donors (Lipinski definition) is 2. The predicted octanol–water partition coefficient (Wildman–Crippen LogP) is -0.598. The molecule has 6 nitrogen and oxygen atoms in total. The first-order valence-corrected chi connectivity index (χ1v) is 5.21. The molecule has 1 aromatic heterocycles. The quantitative estimate of drug-likeness (QED) is 0.687. The number of hydrogen-bond acceptors (Lipinski definition) is 4. The molecule has 3 N–H and O–H groups in total. The van der Waals surface area contributed by atoms with Crippen molar-refractivity contribution in [1.82, 2.24) is 9.55 Å². The van der Waals surface area contributed by atoms with E-state index in [0.29, 0.717) is 6.42 Å². The average molecular weight is 237 g/mol. The first kappa shape index (κ1) is 13.2. The van der Waals surface area contributed by atoms with E-state index >= 15 is 0 Å². The van der Waals surface area contributed by atoms with Crippen molar-refractivity contribution in [2.24, 2.45) is 5.73 Å². The molecular weight excluding hydrogens is 222 g/mol. The highest BCUT2D eigenvalue weighted by molar-refractivity contribution is 5.29. The zero-order valence-electron chi connectivity index (χ0n) is 9.82. The molecule has 0 bridgehead atoms. The second kappa shape index (κ2) is 6.03. The minimum atomic E-state index is -0.516. The summed E-state index contributed by atoms with van der Waals surface area (Å²) in [5.41, 5.74) is 4.40. The number of aromatic nitrogens is 2. The first-order valence-electron chi connectivity index (χ1n) is 5.21. The van der Waals surface area contributed by atoms with Gasteiger partial charge in [0.05, 0.1) is 6.54 Å². The van der Waals surface area contributed by atoms with Gasteiger partial charge in [0.1, 0.15) is 11.8 Å². The zero-order chi connectivity index (χ0) is 12.8. The number of ether oxygens (including phenoxy) is 1. The molecule has 92 valence electrons. The van der Waals surface area contributed by atoms with Crippen LogP contribution in [0.2, 0.25) is 0 Å². The van der Waals surface area contributed by atoms with Gasteiger partial charge in [0.15, 0.2) is 0 Å². The Balaban J connectivity index is 3.33. The van der Waals surface area contributed by atoms with Crippen molar-refractivity contribution in [3.8, 4) is 11.8 Å². The fourth-order valence-corrected chi connectivity index (χ4v) is 1.41. The third-order valence-corrected chi connectivity index (χ3v) is 2.22. The van der Waals surface area contributed by atoms with E-state index in [1.807, 2.05) is 6.92 Å². The van der Waals surface area contributed by atoms with Gasteiger partial charge in [-0.25, -0.2) is 4.79 Å². The highest BCUT2D eigenvalue weighted by Gasteiger charge is 2.10. The van der Waals surface area contributed by atoms with Crippen molar-refractivity contribution in [2.75, 3.05) is 13.7 Å². The molecule has 0 saturated heterocycles. The van der Waals surface area contributed by atoms with E-state index in [2.05, 4.69) is 16.8 Å². The van der Waals surface area contributed by atoms with Crippen LogP contribution in [0, 0.1) is 11.8 Å². The van der Waals surface area contributed by atoms with Crippen LogP contribution in [0.15, 0.2) is 15.8 Å². The Morgan fingerprint density at radius 2 is 2.29 bits per heavy atom. The maximum Gasteiger partial charge on any atom is 0.330 e. The Morgan fingerprint density at radius 1 is 1.59 bits per heavy atom. The molecule has 6 heteroatoms. The fraction of sp³-hybridized carbons (Fsp3) is 0.455. The summed E-state index contributed by atoms with van der Waals surface area (Å²) in [5.74, 6) is 5.18. The molecule has 0 spiro atoms. The van der Waals surface area contributed by atoms with Gasteiger partial charge in [-0.3, -0.25) is 14.3 Å². The van der Waals surface area contributed by atoms with Gasteiger partial charge in [-0.2, -0.15) is 0 Å². The lowest BCUT2D eigenvalue weighted by atomic mass is 10.3. The van der Waals surface area contributed by atoms with Crippen LogP contribution in [0.1, 0.15) is 25.1 Å². The second-order valence-corrected chi connectivity index (χ2v) is 3.31. The maximum absolute atomic E-state index is 11.6. The van der Waals surface area contributed by atoms with Crippen LogP contribution in [0.4, 0.5) is 0 Å². The van der Waals surface area contributed by atoms with Crippen LogP contribution in [0.25, 0.3) is 0 Å². The molecule has 0 saturated carbocycles. The van der Waals surface area contributed by atoms with E-state index in [1.54, 1.807) is 0 Å². The molecule has 0 aliphatic rings. The van der Waals surface area contributed by atoms with Crippen molar-refractivity contribution in [1.29, 1.82) is 0 Å². The number of nitrogens with two attached hydrogens (primary N) is 1. The topological polar surface area (TPSA) is 90.1 Å². The largest absolute Gasteiger partial charge is 0.361 e. The summed E-state index contributed by atoms with van der Waals surface area (Å²) in [6, 6.07) is 0. The fourth-order valence-electron chi connectivity index (χ4n) is 1.41. The van der Waals surface area contributed by atoms with Gasteiger partial charge < -0.3 is 10.5 Å². The van der Waals surface area contributed by atoms with Gasteiger partial charge in [0.2, 0.25) is 0 Å². The number of aromatic amines is 1. The zero-order valence-corrected chi connectivity index (χ0v) is 9.82. The molecule has 1 heterocycles. The highest BCUT2D eigenvalue weighted by Crippen LogP contribution is 2.07. The molecule has 1 rings (SSSR count). The van der Waals surface area contributed by atoms with Gasteiger partial charge in [0, 0.05) is 13.3 Å². The normalized spacial score (nSPS) is 11.7. The van der Waals surface area contributed by atoms with E-state index < -0.39 is 17.5 Å². The highest BCUT2D eigenvalue weighted by atomic mass is 16.5. The Hall–Kier alpha value is -1.84. The van der Waals surface area contributed by atoms with E-state index in [0.717, 1.165) is 0 Å². The smallest absolute Gasteiger partial charge is 0.330 e. The van der Waals surface area contributed by atoms with E-state index in [9.17, 15) is 9.59 Å². The molecule has 0 radical (unpaired) electrons. The molecule has 0 amide bonds. The molecule has 0 aliphatic carbocycles. The lowest BCUT2D eigenvalue weighted by Gasteiger charge is -2.15. The Morgan fingerprint density at radius 3 is 2.82 bits per heavy atom. The minimum Gasteiger partial charge on any atom is -0.361 e. The van der Waals surface area contributed by atoms with Crippen LogP contribution in [-0.4, -0.2) is 23.2 Å². The number of H-pyrrole nitrogens is 1. The van der Waals surface area contributed by atoms with Crippen molar-refractivity contribution in [3.05, 3.63) is 32.6 Å². The van der Waals surface area contributed by atoms with Crippen LogP contribution >= 0.6 is 0 Å². The summed E-state index contributed by atoms with van der Waals surface area (Å²) in [5, 5.41) is 0. The molecule has 1 aromatic rings. The summed E-state index contributed by atoms with van der Waals surface area (Å²) in [6.45, 7) is 2.02. The molecule has 0 aromatic carbocycles. The number of nitrogens with one attached hydrogen (secondary N) is 1. The van der Waals surface area contributed by atoms with Crippen LogP contribution in [-0.2, 0) is 4.74 Å². The third kappa shape index (κ3) is 3.06. The standard InChI is InChI=1S/C11H15N3O3/c1-3-9(17-2)14-7-8(5-4-6-12)10(15)13-11(14)16/h7,9H,3,6,12H2,1-2H3,(H,13,15,16)/t9-/m1/s1. The van der Waals surface area contributed by atoms with Crippen molar-refractivity contribution in [3.63, 3.8) is 0 Å². The monoisotopic (exact) mass is 237 g/mol. The number of methoxy groups -OCH3 is 1.